The molecule has 0 fully saturated rings. The third-order valence-corrected chi connectivity index (χ3v) is 2.72. The molecule has 0 aliphatic carbocycles. The van der Waals surface area contributed by atoms with Crippen molar-refractivity contribution >= 4 is 29.2 Å². The molecule has 0 spiro atoms. The van der Waals surface area contributed by atoms with Crippen LogP contribution in [0.4, 0.5) is 0 Å². The van der Waals surface area contributed by atoms with E-state index in [9.17, 15) is 4.79 Å². The molecule has 1 aromatic carbocycles. The van der Waals surface area contributed by atoms with Crippen LogP contribution < -0.4 is 5.32 Å². The number of nitrogens with one attached hydrogen (secondary N) is 2. The molecule has 2 aromatic rings. The van der Waals surface area contributed by atoms with Crippen LogP contribution in [-0.2, 0) is 0 Å². The Kier molecular flexibility index (Phi) is 5.12. The normalized spacial score (nSPS) is 10.1. The van der Waals surface area contributed by atoms with Crippen molar-refractivity contribution < 1.29 is 4.79 Å². The van der Waals surface area contributed by atoms with Crippen molar-refractivity contribution in [2.75, 3.05) is 27.2 Å². The molecule has 2 N–H and O–H groups in total. The molecule has 98 valence electrons. The Morgan fingerprint density at radius 3 is 2.89 bits per heavy atom. The number of fused-ring (bicyclic) bond motifs is 1. The fraction of sp³-hybridized carbons (Fsp3) is 0.333. The molecule has 0 saturated carbocycles. The van der Waals surface area contributed by atoms with Crippen molar-refractivity contribution in [1.29, 1.82) is 0 Å². The van der Waals surface area contributed by atoms with Gasteiger partial charge >= 0.3 is 0 Å². The van der Waals surface area contributed by atoms with Gasteiger partial charge in [0.05, 0.1) is 5.52 Å². The predicted octanol–water partition coefficient (Wildman–Crippen LogP) is 1.28. The quantitative estimate of drug-likeness (QED) is 0.878. The third kappa shape index (κ3) is 2.80. The van der Waals surface area contributed by atoms with Crippen molar-refractivity contribution in [2.24, 2.45) is 0 Å². The lowest BCUT2D eigenvalue weighted by atomic mass is 10.2. The zero-order valence-electron chi connectivity index (χ0n) is 10.4. The molecule has 0 atom stereocenters. The van der Waals surface area contributed by atoms with Crippen molar-refractivity contribution in [3.8, 4) is 0 Å². The Labute approximate surface area is 112 Å². The first-order valence-electron chi connectivity index (χ1n) is 5.57. The molecular weight excluding hydrogens is 252 g/mol. The maximum absolute atomic E-state index is 12.1. The number of carbonyl (C=O) groups excluding carboxylic acids is 1. The van der Waals surface area contributed by atoms with Gasteiger partial charge in [0, 0.05) is 25.5 Å². The number of para-hydroxylation sites is 1. The molecule has 1 aromatic heterocycles. The fourth-order valence-corrected chi connectivity index (χ4v) is 1.69. The van der Waals surface area contributed by atoms with Gasteiger partial charge in [-0.05, 0) is 13.1 Å². The first-order chi connectivity index (χ1) is 8.24. The second-order valence-electron chi connectivity index (χ2n) is 3.95. The van der Waals surface area contributed by atoms with E-state index in [4.69, 9.17) is 0 Å². The lowest BCUT2D eigenvalue weighted by Gasteiger charge is -2.15. The summed E-state index contributed by atoms with van der Waals surface area (Å²) in [5.41, 5.74) is 1.37. The van der Waals surface area contributed by atoms with Gasteiger partial charge in [-0.3, -0.25) is 9.89 Å². The Morgan fingerprint density at radius 2 is 2.17 bits per heavy atom. The molecule has 0 saturated heterocycles. The van der Waals surface area contributed by atoms with Gasteiger partial charge in [-0.1, -0.05) is 18.2 Å². The summed E-state index contributed by atoms with van der Waals surface area (Å²) in [4.78, 5) is 13.8. The van der Waals surface area contributed by atoms with Gasteiger partial charge < -0.3 is 10.2 Å². The van der Waals surface area contributed by atoms with Gasteiger partial charge in [-0.15, -0.1) is 12.4 Å². The van der Waals surface area contributed by atoms with Crippen molar-refractivity contribution in [3.05, 3.63) is 30.0 Å². The molecule has 0 radical (unpaired) electrons. The Hall–Kier alpha value is -1.59. The number of nitrogens with zero attached hydrogens (tertiary/aromatic N) is 2. The summed E-state index contributed by atoms with van der Waals surface area (Å²) >= 11 is 0. The van der Waals surface area contributed by atoms with Crippen molar-refractivity contribution in [1.82, 2.24) is 20.4 Å². The molecule has 0 unspecified atom stereocenters. The minimum Gasteiger partial charge on any atom is -0.339 e. The second kappa shape index (κ2) is 6.37. The summed E-state index contributed by atoms with van der Waals surface area (Å²) in [7, 11) is 3.64. The highest BCUT2D eigenvalue weighted by atomic mass is 35.5. The minimum atomic E-state index is -0.0577. The Balaban J connectivity index is 0.00000162. The van der Waals surface area contributed by atoms with Crippen LogP contribution in [0.1, 0.15) is 10.5 Å². The number of amides is 1. The molecule has 6 heteroatoms. The number of hydrogen-bond acceptors (Lipinski definition) is 3. The first-order valence-corrected chi connectivity index (χ1v) is 5.57. The van der Waals surface area contributed by atoms with E-state index in [1.54, 1.807) is 11.9 Å². The van der Waals surface area contributed by atoms with Crippen LogP contribution in [0.15, 0.2) is 24.3 Å². The highest BCUT2D eigenvalue weighted by Gasteiger charge is 2.17. The van der Waals surface area contributed by atoms with E-state index >= 15 is 0 Å². The Morgan fingerprint density at radius 1 is 1.44 bits per heavy atom. The number of aromatic nitrogens is 2. The SMILES string of the molecule is CNCCN(C)C(=O)c1n[nH]c2ccccc12.Cl. The molecule has 0 bridgehead atoms. The van der Waals surface area contributed by atoms with Crippen LogP contribution >= 0.6 is 12.4 Å². The maximum Gasteiger partial charge on any atom is 0.274 e. The molecule has 2 rings (SSSR count). The zero-order valence-corrected chi connectivity index (χ0v) is 11.3. The summed E-state index contributed by atoms with van der Waals surface area (Å²) in [6, 6.07) is 7.63. The highest BCUT2D eigenvalue weighted by Crippen LogP contribution is 2.16. The molecular formula is C12H17ClN4O. The summed E-state index contributed by atoms with van der Waals surface area (Å²) in [5.74, 6) is -0.0577. The minimum absolute atomic E-state index is 0. The van der Waals surface area contributed by atoms with E-state index in [2.05, 4.69) is 15.5 Å². The number of H-pyrrole nitrogens is 1. The summed E-state index contributed by atoms with van der Waals surface area (Å²) < 4.78 is 0. The average molecular weight is 269 g/mol. The van der Waals surface area contributed by atoms with Gasteiger partial charge in [0.1, 0.15) is 0 Å². The van der Waals surface area contributed by atoms with E-state index < -0.39 is 0 Å². The van der Waals surface area contributed by atoms with Crippen LogP contribution in [0.2, 0.25) is 0 Å². The van der Waals surface area contributed by atoms with E-state index in [-0.39, 0.29) is 18.3 Å². The van der Waals surface area contributed by atoms with Crippen LogP contribution in [0.5, 0.6) is 0 Å². The monoisotopic (exact) mass is 268 g/mol. The van der Waals surface area contributed by atoms with Gasteiger partial charge in [0.2, 0.25) is 0 Å². The molecule has 5 nitrogen and oxygen atoms in total. The number of aromatic amines is 1. The smallest absolute Gasteiger partial charge is 0.274 e. The summed E-state index contributed by atoms with van der Waals surface area (Å²) in [6.07, 6.45) is 0. The van der Waals surface area contributed by atoms with Crippen LogP contribution in [0.25, 0.3) is 10.9 Å². The summed E-state index contributed by atoms with van der Waals surface area (Å²) in [6.45, 7) is 1.43. The van der Waals surface area contributed by atoms with Gasteiger partial charge in [0.15, 0.2) is 5.69 Å². The number of likely N-dealkylation sites (N-methyl/N-ethyl adjacent to an activating group) is 2. The maximum atomic E-state index is 12.1. The lowest BCUT2D eigenvalue weighted by Crippen LogP contribution is -2.33. The van der Waals surface area contributed by atoms with E-state index in [1.807, 2.05) is 31.3 Å². The molecule has 1 heterocycles. The molecule has 0 aliphatic heterocycles. The Bertz CT molecular complexity index is 526. The number of benzene rings is 1. The largest absolute Gasteiger partial charge is 0.339 e. The standard InChI is InChI=1S/C12H16N4O.ClH/c1-13-7-8-16(2)12(17)11-9-5-3-4-6-10(9)14-15-11;/h3-6,13H,7-8H2,1-2H3,(H,14,15);1H. The molecule has 1 amide bonds. The van der Waals surface area contributed by atoms with Gasteiger partial charge in [-0.2, -0.15) is 5.10 Å². The number of hydrogen-bond donors (Lipinski definition) is 2. The zero-order chi connectivity index (χ0) is 12.3. The lowest BCUT2D eigenvalue weighted by molar-refractivity contribution is 0.0793. The van der Waals surface area contributed by atoms with E-state index in [0.29, 0.717) is 12.2 Å². The highest BCUT2D eigenvalue weighted by molar-refractivity contribution is 6.04. The van der Waals surface area contributed by atoms with Gasteiger partial charge in [-0.25, -0.2) is 0 Å². The van der Waals surface area contributed by atoms with Crippen LogP contribution in [-0.4, -0.2) is 48.2 Å². The number of rotatable bonds is 4. The topological polar surface area (TPSA) is 61.0 Å². The number of carbonyl (C=O) groups is 1. The summed E-state index contributed by atoms with van der Waals surface area (Å²) in [5, 5.41) is 10.8. The van der Waals surface area contributed by atoms with Crippen molar-refractivity contribution in [3.63, 3.8) is 0 Å². The number of halogens is 1. The van der Waals surface area contributed by atoms with Crippen LogP contribution in [0, 0.1) is 0 Å². The first kappa shape index (κ1) is 14.5. The average Bonchev–Trinajstić information content (AvgIpc) is 2.78. The van der Waals surface area contributed by atoms with E-state index in [0.717, 1.165) is 17.4 Å². The van der Waals surface area contributed by atoms with E-state index in [1.165, 1.54) is 0 Å². The predicted molar refractivity (Wildman–Crippen MR) is 74.2 cm³/mol. The van der Waals surface area contributed by atoms with Crippen molar-refractivity contribution in [2.45, 2.75) is 0 Å². The molecule has 0 aliphatic rings. The van der Waals surface area contributed by atoms with Gasteiger partial charge in [0.25, 0.3) is 5.91 Å². The fourth-order valence-electron chi connectivity index (χ4n) is 1.69. The second-order valence-corrected chi connectivity index (χ2v) is 3.95. The molecule has 18 heavy (non-hydrogen) atoms. The third-order valence-electron chi connectivity index (χ3n) is 2.72. The van der Waals surface area contributed by atoms with Crippen LogP contribution in [0.3, 0.4) is 0 Å².